The van der Waals surface area contributed by atoms with E-state index in [0.717, 1.165) is 81.7 Å². The maximum Gasteiger partial charge on any atom is 0.127 e. The van der Waals surface area contributed by atoms with Gasteiger partial charge in [-0.25, -0.2) is 0 Å². The van der Waals surface area contributed by atoms with Gasteiger partial charge in [-0.2, -0.15) is 10.5 Å². The zero-order chi connectivity index (χ0) is 45.2. The third-order valence-corrected chi connectivity index (χ3v) is 11.1. The molecular formula is C58H64N2O4. The van der Waals surface area contributed by atoms with Gasteiger partial charge in [0.1, 0.15) is 23.0 Å². The van der Waals surface area contributed by atoms with E-state index in [2.05, 4.69) is 86.7 Å². The number of allylic oxidation sites excluding steroid dienone is 2. The molecule has 0 aliphatic heterocycles. The largest absolute Gasteiger partial charge is 0.496 e. The summed E-state index contributed by atoms with van der Waals surface area (Å²) in [6, 6.07) is 40.4. The van der Waals surface area contributed by atoms with Crippen LogP contribution in [0.1, 0.15) is 135 Å². The molecule has 6 heteroatoms. The Labute approximate surface area is 382 Å². The minimum absolute atomic E-state index is 0.541. The van der Waals surface area contributed by atoms with Crippen molar-refractivity contribution < 1.29 is 18.9 Å². The summed E-state index contributed by atoms with van der Waals surface area (Å²) in [6.07, 6.45) is 26.4. The van der Waals surface area contributed by atoms with Crippen molar-refractivity contribution in [3.63, 3.8) is 0 Å². The van der Waals surface area contributed by atoms with E-state index < -0.39 is 0 Å². The Bertz CT molecular complexity index is 2240. The molecule has 0 saturated carbocycles. The molecule has 5 aromatic rings. The van der Waals surface area contributed by atoms with Gasteiger partial charge in [0.05, 0.1) is 50.7 Å². The van der Waals surface area contributed by atoms with Crippen LogP contribution in [0, 0.1) is 22.7 Å². The van der Waals surface area contributed by atoms with E-state index in [4.69, 9.17) is 18.9 Å². The van der Waals surface area contributed by atoms with Crippen LogP contribution >= 0.6 is 0 Å². The van der Waals surface area contributed by atoms with E-state index in [1.54, 1.807) is 14.2 Å². The summed E-state index contributed by atoms with van der Waals surface area (Å²) in [5.41, 5.74) is 8.41. The number of nitrogens with zero attached hydrogens (tertiary/aromatic N) is 2. The van der Waals surface area contributed by atoms with Crippen LogP contribution in [0.2, 0.25) is 0 Å². The molecule has 0 radical (unpaired) electrons. The molecular weight excluding hydrogens is 789 g/mol. The third-order valence-electron chi connectivity index (χ3n) is 11.1. The van der Waals surface area contributed by atoms with Crippen molar-refractivity contribution in [1.82, 2.24) is 0 Å². The fraction of sp³-hybridized carbons (Fsp3) is 0.310. The Morgan fingerprint density at radius 1 is 0.438 bits per heavy atom. The highest BCUT2D eigenvalue weighted by Gasteiger charge is 2.12. The summed E-state index contributed by atoms with van der Waals surface area (Å²) in [7, 11) is 3.24. The van der Waals surface area contributed by atoms with E-state index >= 15 is 0 Å². The number of hydrogen-bond acceptors (Lipinski definition) is 6. The fourth-order valence-electron chi connectivity index (χ4n) is 7.42. The molecule has 0 unspecified atom stereocenters. The number of unbranched alkanes of at least 4 members (excludes halogenated alkanes) is 10. The van der Waals surface area contributed by atoms with Crippen LogP contribution in [-0.4, -0.2) is 27.4 Å². The van der Waals surface area contributed by atoms with Crippen LogP contribution in [-0.2, 0) is 0 Å². The Morgan fingerprint density at radius 2 is 0.797 bits per heavy atom. The van der Waals surface area contributed by atoms with Crippen molar-refractivity contribution in [2.75, 3.05) is 27.4 Å². The highest BCUT2D eigenvalue weighted by Crippen LogP contribution is 2.34. The highest BCUT2D eigenvalue weighted by molar-refractivity contribution is 5.93. The van der Waals surface area contributed by atoms with Gasteiger partial charge in [-0.3, -0.25) is 0 Å². The lowest BCUT2D eigenvalue weighted by Gasteiger charge is -2.16. The Balaban J connectivity index is 1.43. The van der Waals surface area contributed by atoms with E-state index in [-0.39, 0.29) is 0 Å². The lowest BCUT2D eigenvalue weighted by atomic mass is 10.0. The van der Waals surface area contributed by atoms with Crippen LogP contribution in [0.15, 0.2) is 109 Å². The van der Waals surface area contributed by atoms with Gasteiger partial charge in [0, 0.05) is 22.3 Å². The summed E-state index contributed by atoms with van der Waals surface area (Å²) in [4.78, 5) is 0. The van der Waals surface area contributed by atoms with Crippen LogP contribution in [0.4, 0.5) is 0 Å². The quantitative estimate of drug-likeness (QED) is 0.0313. The molecule has 0 aromatic heterocycles. The van der Waals surface area contributed by atoms with Gasteiger partial charge in [-0.1, -0.05) is 175 Å². The first kappa shape index (κ1) is 48.3. The normalized spacial score (nSPS) is 11.7. The summed E-state index contributed by atoms with van der Waals surface area (Å²) < 4.78 is 24.2. The monoisotopic (exact) mass is 852 g/mol. The van der Waals surface area contributed by atoms with Crippen molar-refractivity contribution in [1.29, 1.82) is 10.5 Å². The fourth-order valence-corrected chi connectivity index (χ4v) is 7.42. The molecule has 0 saturated heterocycles. The molecule has 0 atom stereocenters. The Kier molecular flexibility index (Phi) is 20.6. The summed E-state index contributed by atoms with van der Waals surface area (Å²) in [5, 5.41) is 20.0. The average molecular weight is 853 g/mol. The number of rotatable bonds is 26. The number of methoxy groups -OCH3 is 2. The number of para-hydroxylation sites is 2. The molecule has 6 nitrogen and oxygen atoms in total. The van der Waals surface area contributed by atoms with Gasteiger partial charge in [-0.05, 0) is 83.6 Å². The second-order valence-electron chi connectivity index (χ2n) is 15.9. The van der Waals surface area contributed by atoms with Gasteiger partial charge in [0.2, 0.25) is 0 Å². The smallest absolute Gasteiger partial charge is 0.127 e. The second-order valence-corrected chi connectivity index (χ2v) is 15.9. The summed E-state index contributed by atoms with van der Waals surface area (Å²) in [6.45, 7) is 5.76. The lowest BCUT2D eigenvalue weighted by Crippen LogP contribution is -2.03. The first-order valence-electron chi connectivity index (χ1n) is 23.0. The second kappa shape index (κ2) is 27.3. The summed E-state index contributed by atoms with van der Waals surface area (Å²) in [5.74, 6) is 2.96. The van der Waals surface area contributed by atoms with Crippen LogP contribution in [0.25, 0.3) is 47.6 Å². The molecule has 5 aromatic carbocycles. The molecule has 0 N–H and O–H groups in total. The van der Waals surface area contributed by atoms with Gasteiger partial charge in [0.15, 0.2) is 0 Å². The molecule has 0 amide bonds. The van der Waals surface area contributed by atoms with E-state index in [9.17, 15) is 10.5 Å². The maximum absolute atomic E-state index is 9.99. The van der Waals surface area contributed by atoms with E-state index in [1.807, 2.05) is 84.9 Å². The maximum atomic E-state index is 9.99. The molecule has 64 heavy (non-hydrogen) atoms. The van der Waals surface area contributed by atoms with E-state index in [0.29, 0.717) is 35.9 Å². The highest BCUT2D eigenvalue weighted by atomic mass is 16.5. The minimum atomic E-state index is 0.541. The predicted octanol–water partition coefficient (Wildman–Crippen LogP) is 15.7. The number of ether oxygens (including phenoxy) is 4. The molecule has 0 aliphatic carbocycles. The first-order valence-corrected chi connectivity index (χ1v) is 23.0. The van der Waals surface area contributed by atoms with Gasteiger partial charge in [-0.15, -0.1) is 0 Å². The van der Waals surface area contributed by atoms with Crippen LogP contribution < -0.4 is 18.9 Å². The zero-order valence-electron chi connectivity index (χ0n) is 38.3. The molecule has 0 spiro atoms. The Hall–Kier alpha value is -6.76. The first-order chi connectivity index (χ1) is 31.5. The number of nitriles is 2. The van der Waals surface area contributed by atoms with Crippen molar-refractivity contribution in [2.24, 2.45) is 0 Å². The standard InChI is InChI=1S/C58H64N2O4/c1-5-7-9-11-13-19-37-63-57-41-50(36-34-46-27-31-48(32-28-46)40-52(44-60)54-22-16-18-24-56(54)62-4)58(64-38-20-14-12-10-8-6-2)42-49(57)35-33-45-25-29-47(30-26-45)39-51(43-59)53-21-15-17-23-55(53)61-3/h15-18,21-36,39-42H,5-14,19-20,37-38H2,1-4H3/b35-33+,36-34+,51-39+,52-40+. The third kappa shape index (κ3) is 15.2. The minimum Gasteiger partial charge on any atom is -0.496 e. The van der Waals surface area contributed by atoms with Crippen molar-refractivity contribution >= 4 is 47.6 Å². The van der Waals surface area contributed by atoms with Crippen molar-refractivity contribution in [3.05, 3.63) is 154 Å². The van der Waals surface area contributed by atoms with Gasteiger partial charge in [0.25, 0.3) is 0 Å². The SMILES string of the molecule is CCCCCCCCOc1cc(/C=C/c2ccc(/C=C(\C#N)c3ccccc3OC)cc2)c(OCCCCCCCC)cc1/C=C/c1ccc(/C=C(\C#N)c2ccccc2OC)cc1. The van der Waals surface area contributed by atoms with Crippen LogP contribution in [0.5, 0.6) is 23.0 Å². The van der Waals surface area contributed by atoms with Gasteiger partial charge < -0.3 is 18.9 Å². The lowest BCUT2D eigenvalue weighted by molar-refractivity contribution is 0.295. The van der Waals surface area contributed by atoms with Crippen molar-refractivity contribution in [2.45, 2.75) is 90.9 Å². The number of hydrogen-bond donors (Lipinski definition) is 0. The molecule has 5 rings (SSSR count). The Morgan fingerprint density at radius 3 is 1.17 bits per heavy atom. The molecule has 330 valence electrons. The topological polar surface area (TPSA) is 84.5 Å². The summed E-state index contributed by atoms with van der Waals surface area (Å²) >= 11 is 0. The van der Waals surface area contributed by atoms with Gasteiger partial charge >= 0.3 is 0 Å². The molecule has 0 fully saturated rings. The predicted molar refractivity (Wildman–Crippen MR) is 268 cm³/mol. The molecule has 0 bridgehead atoms. The zero-order valence-corrected chi connectivity index (χ0v) is 38.3. The molecule has 0 aliphatic rings. The van der Waals surface area contributed by atoms with E-state index in [1.165, 1.54) is 51.4 Å². The number of benzene rings is 5. The van der Waals surface area contributed by atoms with Crippen LogP contribution in [0.3, 0.4) is 0 Å². The van der Waals surface area contributed by atoms with Crippen molar-refractivity contribution in [3.8, 4) is 35.1 Å². The average Bonchev–Trinajstić information content (AvgIpc) is 3.34. The molecule has 0 heterocycles.